The average Bonchev–Trinajstić information content (AvgIpc) is 2.33. The van der Waals surface area contributed by atoms with Crippen LogP contribution in [0.25, 0.3) is 0 Å². The van der Waals surface area contributed by atoms with Crippen molar-refractivity contribution in [3.63, 3.8) is 0 Å². The number of hydrogen-bond donors (Lipinski definition) is 3. The van der Waals surface area contributed by atoms with Gasteiger partial charge in [-0.25, -0.2) is 4.79 Å². The normalized spacial score (nSPS) is 28.7. The van der Waals surface area contributed by atoms with Crippen LogP contribution in [-0.2, 0) is 9.59 Å². The molecule has 4 N–H and O–H groups in total. The molecule has 19 heavy (non-hydrogen) atoms. The molecule has 0 aromatic rings. The van der Waals surface area contributed by atoms with Gasteiger partial charge in [0.15, 0.2) is 0 Å². The molecule has 5 nitrogen and oxygen atoms in total. The summed E-state index contributed by atoms with van der Waals surface area (Å²) in [5.41, 5.74) is 5.26. The molecule has 1 aliphatic rings. The van der Waals surface area contributed by atoms with E-state index in [-0.39, 0.29) is 5.91 Å². The summed E-state index contributed by atoms with van der Waals surface area (Å²) < 4.78 is 0. The summed E-state index contributed by atoms with van der Waals surface area (Å²) in [6.07, 6.45) is 5.61. The van der Waals surface area contributed by atoms with Gasteiger partial charge in [-0.1, -0.05) is 19.8 Å². The van der Waals surface area contributed by atoms with E-state index in [1.807, 2.05) is 6.26 Å². The summed E-state index contributed by atoms with van der Waals surface area (Å²) in [7, 11) is 0. The van der Waals surface area contributed by atoms with Crippen LogP contribution >= 0.6 is 11.8 Å². The maximum Gasteiger partial charge on any atom is 0.326 e. The van der Waals surface area contributed by atoms with Crippen molar-refractivity contribution in [2.45, 2.75) is 50.6 Å². The van der Waals surface area contributed by atoms with E-state index in [0.717, 1.165) is 12.8 Å². The van der Waals surface area contributed by atoms with Crippen molar-refractivity contribution in [3.8, 4) is 0 Å². The molecule has 0 aliphatic heterocycles. The number of aliphatic carboxylic acids is 1. The lowest BCUT2D eigenvalue weighted by molar-refractivity contribution is -0.143. The largest absolute Gasteiger partial charge is 0.480 e. The summed E-state index contributed by atoms with van der Waals surface area (Å²) >= 11 is 1.56. The lowest BCUT2D eigenvalue weighted by Crippen LogP contribution is -2.59. The van der Waals surface area contributed by atoms with Gasteiger partial charge < -0.3 is 16.2 Å². The van der Waals surface area contributed by atoms with Gasteiger partial charge in [-0.3, -0.25) is 4.79 Å². The van der Waals surface area contributed by atoms with E-state index in [4.69, 9.17) is 10.8 Å². The van der Waals surface area contributed by atoms with Gasteiger partial charge in [-0.2, -0.15) is 11.8 Å². The second-order valence-corrected chi connectivity index (χ2v) is 6.49. The molecule has 0 aromatic carbocycles. The third-order valence-electron chi connectivity index (χ3n) is 3.70. The maximum atomic E-state index is 12.2. The zero-order chi connectivity index (χ0) is 14.5. The Kier molecular flexibility index (Phi) is 6.13. The number of hydrogen-bond acceptors (Lipinski definition) is 4. The fraction of sp³-hybridized carbons (Fsp3) is 0.846. The first-order chi connectivity index (χ1) is 8.89. The molecular weight excluding hydrogens is 264 g/mol. The lowest BCUT2D eigenvalue weighted by atomic mass is 9.76. The minimum atomic E-state index is -0.991. The van der Waals surface area contributed by atoms with Gasteiger partial charge in [0.2, 0.25) is 5.91 Å². The summed E-state index contributed by atoms with van der Waals surface area (Å²) in [6.45, 7) is 2.08. The molecule has 1 fully saturated rings. The molecule has 0 saturated heterocycles. The van der Waals surface area contributed by atoms with Crippen LogP contribution in [0.1, 0.15) is 39.0 Å². The van der Waals surface area contributed by atoms with Crippen LogP contribution in [0.2, 0.25) is 0 Å². The van der Waals surface area contributed by atoms with E-state index in [9.17, 15) is 9.59 Å². The van der Waals surface area contributed by atoms with E-state index in [1.54, 1.807) is 11.8 Å². The van der Waals surface area contributed by atoms with Crippen molar-refractivity contribution >= 4 is 23.6 Å². The minimum Gasteiger partial charge on any atom is -0.480 e. The van der Waals surface area contributed by atoms with Crippen molar-refractivity contribution in [1.82, 2.24) is 5.32 Å². The first-order valence-electron chi connectivity index (χ1n) is 6.70. The SMILES string of the molecule is CSCC[C@@H](NC(=O)C1(N)CCCC(C)C1)C(=O)O. The number of nitrogens with one attached hydrogen (secondary N) is 1. The monoisotopic (exact) mass is 288 g/mol. The number of thioether (sulfide) groups is 1. The van der Waals surface area contributed by atoms with Crippen LogP contribution < -0.4 is 11.1 Å². The van der Waals surface area contributed by atoms with E-state index in [1.165, 1.54) is 0 Å². The van der Waals surface area contributed by atoms with E-state index in [2.05, 4.69) is 12.2 Å². The third-order valence-corrected chi connectivity index (χ3v) is 4.34. The van der Waals surface area contributed by atoms with Gasteiger partial charge in [0.1, 0.15) is 6.04 Å². The van der Waals surface area contributed by atoms with Crippen LogP contribution in [0.15, 0.2) is 0 Å². The van der Waals surface area contributed by atoms with Crippen molar-refractivity contribution in [1.29, 1.82) is 0 Å². The highest BCUT2D eigenvalue weighted by Gasteiger charge is 2.39. The molecule has 0 bridgehead atoms. The Morgan fingerprint density at radius 2 is 2.26 bits per heavy atom. The Hall–Kier alpha value is -0.750. The number of amides is 1. The Balaban J connectivity index is 2.62. The Morgan fingerprint density at radius 1 is 1.58 bits per heavy atom. The fourth-order valence-corrected chi connectivity index (χ4v) is 3.06. The first kappa shape index (κ1) is 16.3. The summed E-state index contributed by atoms with van der Waals surface area (Å²) in [6, 6.07) is -0.836. The predicted octanol–water partition coefficient (Wildman–Crippen LogP) is 1.22. The van der Waals surface area contributed by atoms with Crippen molar-refractivity contribution < 1.29 is 14.7 Å². The minimum absolute atomic E-state index is 0.312. The number of carbonyl (C=O) groups is 2. The molecule has 110 valence electrons. The highest BCUT2D eigenvalue weighted by molar-refractivity contribution is 7.98. The third kappa shape index (κ3) is 4.69. The second kappa shape index (κ2) is 7.14. The summed E-state index contributed by atoms with van der Waals surface area (Å²) in [5, 5.41) is 11.7. The standard InChI is InChI=1S/C13H24N2O3S/c1-9-4-3-6-13(14,8-9)12(18)15-10(11(16)17)5-7-19-2/h9-10H,3-8,14H2,1-2H3,(H,15,18)(H,16,17)/t9?,10-,13?/m1/s1. The lowest BCUT2D eigenvalue weighted by Gasteiger charge is -2.36. The molecule has 3 atom stereocenters. The van der Waals surface area contributed by atoms with E-state index < -0.39 is 17.6 Å². The molecule has 0 spiro atoms. The molecule has 1 aliphatic carbocycles. The van der Waals surface area contributed by atoms with Gasteiger partial charge >= 0.3 is 5.97 Å². The van der Waals surface area contributed by atoms with E-state index in [0.29, 0.717) is 30.9 Å². The summed E-state index contributed by atoms with van der Waals surface area (Å²) in [4.78, 5) is 23.4. The molecule has 0 radical (unpaired) electrons. The topological polar surface area (TPSA) is 92.4 Å². The quantitative estimate of drug-likeness (QED) is 0.683. The Morgan fingerprint density at radius 3 is 2.79 bits per heavy atom. The molecule has 2 unspecified atom stereocenters. The zero-order valence-electron chi connectivity index (χ0n) is 11.6. The maximum absolute atomic E-state index is 12.2. The number of nitrogens with two attached hydrogens (primary N) is 1. The van der Waals surface area contributed by atoms with Crippen LogP contribution in [-0.4, -0.2) is 40.6 Å². The summed E-state index contributed by atoms with van der Waals surface area (Å²) in [5.74, 6) is -0.188. The number of carboxylic acids is 1. The highest BCUT2D eigenvalue weighted by Crippen LogP contribution is 2.30. The second-order valence-electron chi connectivity index (χ2n) is 5.50. The Labute approximate surface area is 118 Å². The van der Waals surface area contributed by atoms with Crippen LogP contribution in [0.3, 0.4) is 0 Å². The van der Waals surface area contributed by atoms with Gasteiger partial charge in [0.05, 0.1) is 5.54 Å². The average molecular weight is 288 g/mol. The fourth-order valence-electron chi connectivity index (χ4n) is 2.59. The predicted molar refractivity (Wildman–Crippen MR) is 77.1 cm³/mol. The smallest absolute Gasteiger partial charge is 0.326 e. The number of carbonyl (C=O) groups excluding carboxylic acids is 1. The van der Waals surface area contributed by atoms with Gasteiger partial charge in [0.25, 0.3) is 0 Å². The molecular formula is C13H24N2O3S. The molecule has 6 heteroatoms. The Bertz CT molecular complexity index is 338. The van der Waals surface area contributed by atoms with Crippen molar-refractivity contribution in [2.75, 3.05) is 12.0 Å². The zero-order valence-corrected chi connectivity index (χ0v) is 12.5. The number of carboxylic acid groups (broad SMARTS) is 1. The van der Waals surface area contributed by atoms with Crippen LogP contribution in [0.4, 0.5) is 0 Å². The van der Waals surface area contributed by atoms with Crippen molar-refractivity contribution in [3.05, 3.63) is 0 Å². The van der Waals surface area contributed by atoms with E-state index >= 15 is 0 Å². The van der Waals surface area contributed by atoms with Crippen molar-refractivity contribution in [2.24, 2.45) is 11.7 Å². The molecule has 1 saturated carbocycles. The molecule has 0 aromatic heterocycles. The van der Waals surface area contributed by atoms with Gasteiger partial charge in [0, 0.05) is 0 Å². The highest BCUT2D eigenvalue weighted by atomic mass is 32.2. The molecule has 0 heterocycles. The first-order valence-corrected chi connectivity index (χ1v) is 8.10. The van der Waals surface area contributed by atoms with Crippen LogP contribution in [0, 0.1) is 5.92 Å². The van der Waals surface area contributed by atoms with Crippen LogP contribution in [0.5, 0.6) is 0 Å². The molecule has 1 amide bonds. The molecule has 1 rings (SSSR count). The van der Waals surface area contributed by atoms with Gasteiger partial charge in [-0.05, 0) is 37.2 Å². The number of rotatable bonds is 6. The van der Waals surface area contributed by atoms with Gasteiger partial charge in [-0.15, -0.1) is 0 Å².